The average Bonchev–Trinajstić information content (AvgIpc) is 2.43. The van der Waals surface area contributed by atoms with E-state index in [1.165, 1.54) is 6.42 Å². The molecule has 112 valence electrons. The Morgan fingerprint density at radius 2 is 1.89 bits per heavy atom. The highest BCUT2D eigenvalue weighted by Gasteiger charge is 2.16. The number of amides is 1. The maximum atomic E-state index is 11.9. The summed E-state index contributed by atoms with van der Waals surface area (Å²) in [6, 6.07) is 0. The third-order valence-electron chi connectivity index (χ3n) is 3.16. The Morgan fingerprint density at radius 1 is 1.21 bits per heavy atom. The molecule has 1 amide bonds. The maximum absolute atomic E-state index is 11.9. The molecule has 1 rings (SSSR count). The van der Waals surface area contributed by atoms with E-state index in [9.17, 15) is 4.79 Å². The van der Waals surface area contributed by atoms with Crippen molar-refractivity contribution < 1.29 is 4.79 Å². The van der Waals surface area contributed by atoms with Gasteiger partial charge < -0.3 is 15.5 Å². The fourth-order valence-corrected chi connectivity index (χ4v) is 2.02. The van der Waals surface area contributed by atoms with Crippen LogP contribution in [-0.4, -0.2) is 50.0 Å². The highest BCUT2D eigenvalue weighted by Crippen LogP contribution is 2.08. The van der Waals surface area contributed by atoms with Crippen LogP contribution in [0.3, 0.4) is 0 Å². The van der Waals surface area contributed by atoms with E-state index in [4.69, 9.17) is 0 Å². The molecule has 19 heavy (non-hydrogen) atoms. The number of likely N-dealkylation sites (tertiary alicyclic amines) is 1. The van der Waals surface area contributed by atoms with Crippen molar-refractivity contribution in [1.82, 2.24) is 15.5 Å². The zero-order valence-corrected chi connectivity index (χ0v) is 14.4. The van der Waals surface area contributed by atoms with E-state index >= 15 is 0 Å². The fraction of sp³-hybridized carbons (Fsp3) is 0.846. The summed E-state index contributed by atoms with van der Waals surface area (Å²) in [4.78, 5) is 18.0. The highest BCUT2D eigenvalue weighted by atomic mass is 127. The van der Waals surface area contributed by atoms with Crippen molar-refractivity contribution in [2.75, 3.05) is 33.2 Å². The Bertz CT molecular complexity index is 278. The van der Waals surface area contributed by atoms with Gasteiger partial charge in [0.1, 0.15) is 0 Å². The second kappa shape index (κ2) is 11.3. The van der Waals surface area contributed by atoms with Crippen LogP contribution < -0.4 is 10.6 Å². The lowest BCUT2D eigenvalue weighted by molar-refractivity contribution is -0.130. The summed E-state index contributed by atoms with van der Waals surface area (Å²) < 4.78 is 0. The summed E-state index contributed by atoms with van der Waals surface area (Å²) in [7, 11) is 1.73. The molecule has 1 fully saturated rings. The zero-order chi connectivity index (χ0) is 13.2. The van der Waals surface area contributed by atoms with Gasteiger partial charge in [0.05, 0.1) is 6.54 Å². The smallest absolute Gasteiger partial charge is 0.241 e. The van der Waals surface area contributed by atoms with Crippen LogP contribution in [0.15, 0.2) is 4.99 Å². The third-order valence-corrected chi connectivity index (χ3v) is 3.16. The van der Waals surface area contributed by atoms with Gasteiger partial charge in [0.25, 0.3) is 0 Å². The summed E-state index contributed by atoms with van der Waals surface area (Å²) in [5.74, 6) is 0.891. The lowest BCUT2D eigenvalue weighted by Crippen LogP contribution is -2.46. The Hall–Kier alpha value is -0.530. The number of hydrogen-bond acceptors (Lipinski definition) is 2. The molecule has 1 aliphatic heterocycles. The molecule has 0 bridgehead atoms. The first-order valence-electron chi connectivity index (χ1n) is 7.00. The SMILES string of the molecule is CCCCNC(=NC)NCC(=O)N1CCCCC1.I. The van der Waals surface area contributed by atoms with Crippen molar-refractivity contribution in [3.63, 3.8) is 0 Å². The van der Waals surface area contributed by atoms with Crippen LogP contribution in [0, 0.1) is 0 Å². The van der Waals surface area contributed by atoms with Crippen molar-refractivity contribution in [2.24, 2.45) is 4.99 Å². The second-order valence-electron chi connectivity index (χ2n) is 4.65. The molecule has 5 nitrogen and oxygen atoms in total. The first kappa shape index (κ1) is 18.5. The van der Waals surface area contributed by atoms with Crippen LogP contribution in [0.2, 0.25) is 0 Å². The molecular weight excluding hydrogens is 355 g/mol. The number of unbranched alkanes of at least 4 members (excludes halogenated alkanes) is 1. The van der Waals surface area contributed by atoms with Crippen LogP contribution >= 0.6 is 24.0 Å². The van der Waals surface area contributed by atoms with Crippen LogP contribution in [0.5, 0.6) is 0 Å². The van der Waals surface area contributed by atoms with Crippen molar-refractivity contribution in [1.29, 1.82) is 0 Å². The molecular formula is C13H27IN4O. The van der Waals surface area contributed by atoms with Crippen molar-refractivity contribution in [3.05, 3.63) is 0 Å². The van der Waals surface area contributed by atoms with Gasteiger partial charge >= 0.3 is 0 Å². The van der Waals surface area contributed by atoms with Gasteiger partial charge in [-0.25, -0.2) is 0 Å². The van der Waals surface area contributed by atoms with Gasteiger partial charge in [-0.1, -0.05) is 13.3 Å². The Kier molecular flexibility index (Phi) is 11.0. The lowest BCUT2D eigenvalue weighted by Gasteiger charge is -2.27. The van der Waals surface area contributed by atoms with Gasteiger partial charge in [-0.05, 0) is 25.7 Å². The van der Waals surface area contributed by atoms with E-state index in [0.717, 1.165) is 45.3 Å². The molecule has 0 spiro atoms. The van der Waals surface area contributed by atoms with Crippen LogP contribution in [-0.2, 0) is 4.79 Å². The fourth-order valence-electron chi connectivity index (χ4n) is 2.02. The summed E-state index contributed by atoms with van der Waals surface area (Å²) in [5.41, 5.74) is 0. The molecule has 0 aliphatic carbocycles. The third kappa shape index (κ3) is 7.59. The Morgan fingerprint density at radius 3 is 2.47 bits per heavy atom. The van der Waals surface area contributed by atoms with Gasteiger partial charge in [0.15, 0.2) is 5.96 Å². The highest BCUT2D eigenvalue weighted by molar-refractivity contribution is 14.0. The lowest BCUT2D eigenvalue weighted by atomic mass is 10.1. The molecule has 1 heterocycles. The summed E-state index contributed by atoms with van der Waals surface area (Å²) in [6.07, 6.45) is 5.78. The molecule has 6 heteroatoms. The first-order valence-corrected chi connectivity index (χ1v) is 7.00. The minimum atomic E-state index is 0. The Balaban J connectivity index is 0.00000324. The van der Waals surface area contributed by atoms with E-state index in [-0.39, 0.29) is 29.9 Å². The number of aliphatic imine (C=N–C) groups is 1. The van der Waals surface area contributed by atoms with Gasteiger partial charge in [-0.2, -0.15) is 0 Å². The van der Waals surface area contributed by atoms with Crippen molar-refractivity contribution in [3.8, 4) is 0 Å². The molecule has 0 aromatic rings. The molecule has 0 saturated carbocycles. The van der Waals surface area contributed by atoms with Crippen LogP contribution in [0.25, 0.3) is 0 Å². The normalized spacial score (nSPS) is 15.7. The molecule has 0 radical (unpaired) electrons. The first-order chi connectivity index (χ1) is 8.77. The summed E-state index contributed by atoms with van der Waals surface area (Å²) >= 11 is 0. The molecule has 1 saturated heterocycles. The molecule has 0 unspecified atom stereocenters. The monoisotopic (exact) mass is 382 g/mol. The largest absolute Gasteiger partial charge is 0.356 e. The number of nitrogens with one attached hydrogen (secondary N) is 2. The number of halogens is 1. The topological polar surface area (TPSA) is 56.7 Å². The number of nitrogens with zero attached hydrogens (tertiary/aromatic N) is 2. The zero-order valence-electron chi connectivity index (χ0n) is 12.1. The quantitative estimate of drug-likeness (QED) is 0.329. The molecule has 0 atom stereocenters. The average molecular weight is 382 g/mol. The molecule has 2 N–H and O–H groups in total. The molecule has 0 aromatic heterocycles. The van der Waals surface area contributed by atoms with E-state index in [2.05, 4.69) is 22.5 Å². The van der Waals surface area contributed by atoms with Gasteiger partial charge in [-0.3, -0.25) is 9.79 Å². The predicted octanol–water partition coefficient (Wildman–Crippen LogP) is 1.58. The number of guanidine groups is 1. The van der Waals surface area contributed by atoms with E-state index in [0.29, 0.717) is 12.5 Å². The minimum absolute atomic E-state index is 0. The van der Waals surface area contributed by atoms with Gasteiger partial charge in [0.2, 0.25) is 5.91 Å². The minimum Gasteiger partial charge on any atom is -0.356 e. The predicted molar refractivity (Wildman–Crippen MR) is 90.1 cm³/mol. The molecule has 0 aromatic carbocycles. The standard InChI is InChI=1S/C13H26N4O.HI/c1-3-4-8-15-13(14-2)16-11-12(18)17-9-6-5-7-10-17;/h3-11H2,1-2H3,(H2,14,15,16);1H. The van der Waals surface area contributed by atoms with Crippen molar-refractivity contribution >= 4 is 35.8 Å². The number of piperidine rings is 1. The maximum Gasteiger partial charge on any atom is 0.241 e. The van der Waals surface area contributed by atoms with Crippen LogP contribution in [0.4, 0.5) is 0 Å². The van der Waals surface area contributed by atoms with Crippen LogP contribution in [0.1, 0.15) is 39.0 Å². The van der Waals surface area contributed by atoms with E-state index in [1.807, 2.05) is 4.90 Å². The van der Waals surface area contributed by atoms with E-state index < -0.39 is 0 Å². The summed E-state index contributed by atoms with van der Waals surface area (Å²) in [6.45, 7) is 5.20. The van der Waals surface area contributed by atoms with Gasteiger partial charge in [0, 0.05) is 26.7 Å². The second-order valence-corrected chi connectivity index (χ2v) is 4.65. The van der Waals surface area contributed by atoms with Crippen molar-refractivity contribution in [2.45, 2.75) is 39.0 Å². The number of carbonyl (C=O) groups is 1. The molecule has 1 aliphatic rings. The number of hydrogen-bond donors (Lipinski definition) is 2. The Labute approximate surface area is 133 Å². The van der Waals surface area contributed by atoms with E-state index in [1.54, 1.807) is 7.05 Å². The number of carbonyl (C=O) groups excluding carboxylic acids is 1. The number of rotatable bonds is 5. The van der Waals surface area contributed by atoms with Gasteiger partial charge in [-0.15, -0.1) is 24.0 Å². The summed E-state index contributed by atoms with van der Waals surface area (Å²) in [5, 5.41) is 6.27.